The van der Waals surface area contributed by atoms with Gasteiger partial charge in [-0.25, -0.2) is 4.31 Å². The molecule has 9 heteroatoms. The first kappa shape index (κ1) is 31.8. The van der Waals surface area contributed by atoms with E-state index in [2.05, 4.69) is 5.32 Å². The van der Waals surface area contributed by atoms with Gasteiger partial charge >= 0.3 is 10.2 Å². The minimum atomic E-state index is -4.04. The van der Waals surface area contributed by atoms with E-state index in [1.165, 1.54) is 19.0 Å². The maximum atomic E-state index is 14.3. The first-order valence-corrected chi connectivity index (χ1v) is 15.4. The molecule has 0 aliphatic heterocycles. The van der Waals surface area contributed by atoms with Gasteiger partial charge in [0.15, 0.2) is 0 Å². The molecule has 0 saturated carbocycles. The lowest BCUT2D eigenvalue weighted by Crippen LogP contribution is -2.54. The number of anilines is 1. The SMILES string of the molecule is CCCCNC(=O)[C@@H](Cc1ccccc1)N(Cc1ccccc1)C(=O)CN(c1cc(C)ccc1C)S(=O)(=O)N(C)C. The largest absolute Gasteiger partial charge is 0.354 e. The summed E-state index contributed by atoms with van der Waals surface area (Å²) in [5.41, 5.74) is 3.77. The zero-order valence-electron chi connectivity index (χ0n) is 24.7. The standard InChI is InChI=1S/C32H42N4O4S/c1-6-7-20-33-32(38)30(22-27-14-10-8-11-15-27)35(23-28-16-12-9-13-17-28)31(37)24-36(41(39,40)34(4)5)29-21-25(2)18-19-26(29)3/h8-19,21,30H,6-7,20,22-24H2,1-5H3,(H,33,38)/t30-/m1/s1. The van der Waals surface area contributed by atoms with Gasteiger partial charge in [-0.15, -0.1) is 0 Å². The van der Waals surface area contributed by atoms with Gasteiger partial charge < -0.3 is 10.2 Å². The molecule has 41 heavy (non-hydrogen) atoms. The van der Waals surface area contributed by atoms with E-state index >= 15 is 0 Å². The van der Waals surface area contributed by atoms with Crippen molar-refractivity contribution in [3.63, 3.8) is 0 Å². The van der Waals surface area contributed by atoms with Gasteiger partial charge in [0.2, 0.25) is 11.8 Å². The van der Waals surface area contributed by atoms with Crippen molar-refractivity contribution < 1.29 is 18.0 Å². The van der Waals surface area contributed by atoms with Crippen molar-refractivity contribution in [3.05, 3.63) is 101 Å². The second-order valence-corrected chi connectivity index (χ2v) is 12.5. The predicted molar refractivity (Wildman–Crippen MR) is 165 cm³/mol. The Kier molecular flexibility index (Phi) is 11.5. The molecule has 1 atom stereocenters. The molecule has 2 amide bonds. The molecule has 0 bridgehead atoms. The quantitative estimate of drug-likeness (QED) is 0.286. The fourth-order valence-corrected chi connectivity index (χ4v) is 5.64. The summed E-state index contributed by atoms with van der Waals surface area (Å²) in [5, 5.41) is 3.00. The first-order chi connectivity index (χ1) is 19.5. The zero-order chi connectivity index (χ0) is 30.0. The average molecular weight is 579 g/mol. The summed E-state index contributed by atoms with van der Waals surface area (Å²) in [6.07, 6.45) is 2.03. The third kappa shape index (κ3) is 8.65. The Bertz CT molecular complexity index is 1400. The van der Waals surface area contributed by atoms with E-state index in [1.807, 2.05) is 93.6 Å². The normalized spacial score (nSPS) is 12.1. The van der Waals surface area contributed by atoms with Crippen LogP contribution < -0.4 is 9.62 Å². The van der Waals surface area contributed by atoms with Gasteiger partial charge in [0.1, 0.15) is 12.6 Å². The summed E-state index contributed by atoms with van der Waals surface area (Å²) >= 11 is 0. The summed E-state index contributed by atoms with van der Waals surface area (Å²) < 4.78 is 29.4. The number of amides is 2. The number of hydrogen-bond donors (Lipinski definition) is 1. The highest BCUT2D eigenvalue weighted by Crippen LogP contribution is 2.26. The van der Waals surface area contributed by atoms with Crippen molar-refractivity contribution >= 4 is 27.7 Å². The van der Waals surface area contributed by atoms with Crippen molar-refractivity contribution in [2.24, 2.45) is 0 Å². The summed E-state index contributed by atoms with van der Waals surface area (Å²) in [4.78, 5) is 29.5. The minimum absolute atomic E-state index is 0.154. The Morgan fingerprint density at radius 2 is 1.49 bits per heavy atom. The van der Waals surface area contributed by atoms with Crippen molar-refractivity contribution in [1.29, 1.82) is 0 Å². The Balaban J connectivity index is 2.08. The van der Waals surface area contributed by atoms with Crippen LogP contribution in [0.3, 0.4) is 0 Å². The number of unbranched alkanes of at least 4 members (excludes halogenated alkanes) is 1. The topological polar surface area (TPSA) is 90.0 Å². The predicted octanol–water partition coefficient (Wildman–Crippen LogP) is 4.47. The molecule has 0 aromatic heterocycles. The third-order valence-electron chi connectivity index (χ3n) is 6.95. The molecule has 3 rings (SSSR count). The lowest BCUT2D eigenvalue weighted by atomic mass is 10.0. The maximum absolute atomic E-state index is 14.3. The molecule has 0 aliphatic carbocycles. The van der Waals surface area contributed by atoms with Gasteiger partial charge in [0.05, 0.1) is 5.69 Å². The molecule has 8 nitrogen and oxygen atoms in total. The molecule has 220 valence electrons. The van der Waals surface area contributed by atoms with Gasteiger partial charge in [0, 0.05) is 33.6 Å². The molecule has 1 N–H and O–H groups in total. The summed E-state index contributed by atoms with van der Waals surface area (Å²) in [6.45, 7) is 5.94. The van der Waals surface area contributed by atoms with E-state index in [4.69, 9.17) is 0 Å². The van der Waals surface area contributed by atoms with Gasteiger partial charge in [-0.2, -0.15) is 12.7 Å². The van der Waals surface area contributed by atoms with Crippen LogP contribution in [-0.2, 0) is 32.8 Å². The molecule has 0 aliphatic rings. The first-order valence-electron chi connectivity index (χ1n) is 14.0. The number of carbonyl (C=O) groups excluding carboxylic acids is 2. The molecule has 0 spiro atoms. The van der Waals surface area contributed by atoms with Crippen molar-refractivity contribution in [1.82, 2.24) is 14.5 Å². The van der Waals surface area contributed by atoms with Crippen molar-refractivity contribution in [2.45, 2.75) is 52.6 Å². The van der Waals surface area contributed by atoms with Crippen LogP contribution in [0.1, 0.15) is 42.0 Å². The molecule has 0 heterocycles. The van der Waals surface area contributed by atoms with E-state index in [9.17, 15) is 18.0 Å². The number of carbonyl (C=O) groups is 2. The van der Waals surface area contributed by atoms with Crippen LogP contribution in [0, 0.1) is 13.8 Å². The van der Waals surface area contributed by atoms with Gasteiger partial charge in [-0.3, -0.25) is 9.59 Å². The Morgan fingerprint density at radius 3 is 2.07 bits per heavy atom. The smallest absolute Gasteiger partial charge is 0.304 e. The molecule has 0 saturated heterocycles. The highest BCUT2D eigenvalue weighted by molar-refractivity contribution is 7.90. The van der Waals surface area contributed by atoms with Crippen LogP contribution in [0.15, 0.2) is 78.9 Å². The van der Waals surface area contributed by atoms with Crippen LogP contribution >= 0.6 is 0 Å². The number of nitrogens with zero attached hydrogens (tertiary/aromatic N) is 3. The summed E-state index contributed by atoms with van der Waals surface area (Å²) in [6, 6.07) is 23.7. The molecule has 0 fully saturated rings. The third-order valence-corrected chi connectivity index (χ3v) is 8.75. The Labute approximate surface area is 245 Å². The lowest BCUT2D eigenvalue weighted by Gasteiger charge is -2.35. The van der Waals surface area contributed by atoms with E-state index in [0.717, 1.165) is 43.7 Å². The molecular weight excluding hydrogens is 536 g/mol. The Hall–Kier alpha value is -3.69. The van der Waals surface area contributed by atoms with E-state index in [1.54, 1.807) is 6.07 Å². The maximum Gasteiger partial charge on any atom is 0.304 e. The fourth-order valence-electron chi connectivity index (χ4n) is 4.53. The summed E-state index contributed by atoms with van der Waals surface area (Å²) in [7, 11) is -1.15. The molecular formula is C32H42N4O4S. The summed E-state index contributed by atoms with van der Waals surface area (Å²) in [5.74, 6) is -0.730. The Morgan fingerprint density at radius 1 is 0.878 bits per heavy atom. The van der Waals surface area contributed by atoms with Crippen molar-refractivity contribution in [3.8, 4) is 0 Å². The monoisotopic (exact) mass is 578 g/mol. The van der Waals surface area contributed by atoms with E-state index in [-0.39, 0.29) is 12.5 Å². The lowest BCUT2D eigenvalue weighted by molar-refractivity contribution is -0.140. The molecule has 0 unspecified atom stereocenters. The number of benzene rings is 3. The van der Waals surface area contributed by atoms with Gasteiger partial charge in [0.25, 0.3) is 0 Å². The van der Waals surface area contributed by atoms with E-state index < -0.39 is 28.7 Å². The molecule has 3 aromatic carbocycles. The molecule has 0 radical (unpaired) electrons. The van der Waals surface area contributed by atoms with Crippen LogP contribution in [0.5, 0.6) is 0 Å². The van der Waals surface area contributed by atoms with Crippen molar-refractivity contribution in [2.75, 3.05) is 31.5 Å². The number of nitrogens with one attached hydrogen (secondary N) is 1. The average Bonchev–Trinajstić information content (AvgIpc) is 2.96. The second kappa shape index (κ2) is 14.8. The van der Waals surface area contributed by atoms with Gasteiger partial charge in [-0.05, 0) is 48.6 Å². The molecule has 3 aromatic rings. The highest BCUT2D eigenvalue weighted by Gasteiger charge is 2.35. The number of rotatable bonds is 14. The fraction of sp³-hybridized carbons (Fsp3) is 0.375. The van der Waals surface area contributed by atoms with Crippen LogP contribution in [0.4, 0.5) is 5.69 Å². The van der Waals surface area contributed by atoms with Crippen LogP contribution in [-0.4, -0.2) is 62.7 Å². The number of hydrogen-bond acceptors (Lipinski definition) is 4. The van der Waals surface area contributed by atoms with Crippen LogP contribution in [0.2, 0.25) is 0 Å². The highest BCUT2D eigenvalue weighted by atomic mass is 32.2. The zero-order valence-corrected chi connectivity index (χ0v) is 25.5. The minimum Gasteiger partial charge on any atom is -0.354 e. The van der Waals surface area contributed by atoms with Crippen LogP contribution in [0.25, 0.3) is 0 Å². The van der Waals surface area contributed by atoms with E-state index in [0.29, 0.717) is 18.7 Å². The number of aryl methyl sites for hydroxylation is 2. The van der Waals surface area contributed by atoms with Gasteiger partial charge in [-0.1, -0.05) is 86.1 Å². The second-order valence-electron chi connectivity index (χ2n) is 10.4.